The van der Waals surface area contributed by atoms with Gasteiger partial charge in [0.2, 0.25) is 5.82 Å². The number of amides is 1. The van der Waals surface area contributed by atoms with Crippen LogP contribution in [-0.2, 0) is 0 Å². The van der Waals surface area contributed by atoms with Crippen molar-refractivity contribution in [3.05, 3.63) is 35.0 Å². The Labute approximate surface area is 114 Å². The molecule has 2 N–H and O–H groups in total. The molecule has 0 saturated carbocycles. The number of aryl methyl sites for hydroxylation is 2. The Hall–Kier alpha value is -2.77. The Balaban J connectivity index is 1.93. The predicted molar refractivity (Wildman–Crippen MR) is 71.5 cm³/mol. The van der Waals surface area contributed by atoms with Crippen molar-refractivity contribution in [3.63, 3.8) is 0 Å². The van der Waals surface area contributed by atoms with Gasteiger partial charge in [0, 0.05) is 23.1 Å². The number of anilines is 1. The zero-order valence-corrected chi connectivity index (χ0v) is 11.3. The molecule has 0 bridgehead atoms. The van der Waals surface area contributed by atoms with E-state index in [-0.39, 0.29) is 5.82 Å². The van der Waals surface area contributed by atoms with Crippen LogP contribution in [0.4, 0.5) is 5.82 Å². The van der Waals surface area contributed by atoms with E-state index in [0.717, 1.165) is 17.0 Å². The molecule has 0 aromatic carbocycles. The lowest BCUT2D eigenvalue weighted by molar-refractivity contribution is 0.101. The fourth-order valence-electron chi connectivity index (χ4n) is 1.77. The molecule has 0 saturated heterocycles. The highest BCUT2D eigenvalue weighted by molar-refractivity contribution is 6.01. The van der Waals surface area contributed by atoms with Gasteiger partial charge in [0.05, 0.1) is 0 Å². The summed E-state index contributed by atoms with van der Waals surface area (Å²) in [5, 5.41) is 13.6. The minimum absolute atomic E-state index is 0.0619. The fraction of sp³-hybridized carbons (Fsp3) is 0.250. The lowest BCUT2D eigenvalue weighted by Gasteiger charge is -1.98. The molecule has 8 heteroatoms. The summed E-state index contributed by atoms with van der Waals surface area (Å²) in [6, 6.07) is 1.80. The highest BCUT2D eigenvalue weighted by atomic mass is 16.2. The number of H-pyrrole nitrogens is 1. The van der Waals surface area contributed by atoms with Gasteiger partial charge in [0.1, 0.15) is 0 Å². The lowest BCUT2D eigenvalue weighted by Crippen LogP contribution is -2.15. The van der Waals surface area contributed by atoms with Gasteiger partial charge >= 0.3 is 0 Å². The van der Waals surface area contributed by atoms with Gasteiger partial charge in [-0.1, -0.05) is 0 Å². The van der Waals surface area contributed by atoms with Crippen molar-refractivity contribution < 1.29 is 4.79 Å². The molecule has 0 aliphatic carbocycles. The topological polar surface area (TPSA) is 101 Å². The van der Waals surface area contributed by atoms with Gasteiger partial charge in [-0.05, 0) is 26.8 Å². The minimum atomic E-state index is -0.412. The molecule has 0 unspecified atom stereocenters. The first-order valence-corrected chi connectivity index (χ1v) is 6.07. The first-order chi connectivity index (χ1) is 9.56. The van der Waals surface area contributed by atoms with Crippen LogP contribution in [0.15, 0.2) is 12.3 Å². The van der Waals surface area contributed by atoms with Crippen LogP contribution in [-0.4, -0.2) is 35.7 Å². The SMILES string of the molecule is Cc1[nH]nc(NC(=O)c2nc3nccc(C)n3n2)c1C. The third-order valence-corrected chi connectivity index (χ3v) is 3.12. The van der Waals surface area contributed by atoms with E-state index in [2.05, 4.69) is 30.6 Å². The maximum Gasteiger partial charge on any atom is 0.296 e. The quantitative estimate of drug-likeness (QED) is 0.724. The molecule has 0 spiro atoms. The summed E-state index contributed by atoms with van der Waals surface area (Å²) in [5.74, 6) is 0.525. The van der Waals surface area contributed by atoms with Crippen LogP contribution in [0.1, 0.15) is 27.6 Å². The van der Waals surface area contributed by atoms with Crippen LogP contribution in [0.2, 0.25) is 0 Å². The van der Waals surface area contributed by atoms with Crippen molar-refractivity contribution in [2.75, 3.05) is 5.32 Å². The van der Waals surface area contributed by atoms with Crippen molar-refractivity contribution >= 4 is 17.5 Å². The van der Waals surface area contributed by atoms with Crippen LogP contribution in [0.5, 0.6) is 0 Å². The molecule has 102 valence electrons. The summed E-state index contributed by atoms with van der Waals surface area (Å²) in [4.78, 5) is 20.3. The van der Waals surface area contributed by atoms with Crippen LogP contribution in [0, 0.1) is 20.8 Å². The van der Waals surface area contributed by atoms with Gasteiger partial charge in [-0.2, -0.15) is 10.1 Å². The molecule has 8 nitrogen and oxygen atoms in total. The van der Waals surface area contributed by atoms with Crippen LogP contribution in [0.3, 0.4) is 0 Å². The van der Waals surface area contributed by atoms with Crippen LogP contribution < -0.4 is 5.32 Å². The van der Waals surface area contributed by atoms with Crippen molar-refractivity contribution in [1.29, 1.82) is 0 Å². The Bertz CT molecular complexity index is 801. The summed E-state index contributed by atoms with van der Waals surface area (Å²) in [7, 11) is 0. The van der Waals surface area contributed by atoms with Crippen molar-refractivity contribution in [3.8, 4) is 0 Å². The number of carbonyl (C=O) groups is 1. The Kier molecular flexibility index (Phi) is 2.70. The Morgan fingerprint density at radius 2 is 2.15 bits per heavy atom. The largest absolute Gasteiger partial charge is 0.302 e. The van der Waals surface area contributed by atoms with Gasteiger partial charge in [-0.15, -0.1) is 5.10 Å². The van der Waals surface area contributed by atoms with Crippen LogP contribution in [0.25, 0.3) is 5.78 Å². The van der Waals surface area contributed by atoms with E-state index in [9.17, 15) is 4.79 Å². The number of nitrogens with zero attached hydrogens (tertiary/aromatic N) is 5. The number of hydrogen-bond donors (Lipinski definition) is 2. The number of nitrogens with one attached hydrogen (secondary N) is 2. The second kappa shape index (κ2) is 4.41. The smallest absolute Gasteiger partial charge is 0.296 e. The summed E-state index contributed by atoms with van der Waals surface area (Å²) in [6.07, 6.45) is 1.63. The van der Waals surface area contributed by atoms with Crippen LogP contribution >= 0.6 is 0 Å². The second-order valence-electron chi connectivity index (χ2n) is 4.51. The summed E-state index contributed by atoms with van der Waals surface area (Å²) in [6.45, 7) is 5.62. The molecular weight excluding hydrogens is 258 g/mol. The average Bonchev–Trinajstić information content (AvgIpc) is 2.99. The first kappa shape index (κ1) is 12.3. The molecule has 3 aromatic rings. The van der Waals surface area contributed by atoms with Gasteiger partial charge in [-0.25, -0.2) is 9.50 Å². The molecule has 3 rings (SSSR count). The van der Waals surface area contributed by atoms with Crippen molar-refractivity contribution in [2.24, 2.45) is 0 Å². The second-order valence-corrected chi connectivity index (χ2v) is 4.51. The molecule has 3 aromatic heterocycles. The number of hydrogen-bond acceptors (Lipinski definition) is 5. The molecule has 0 fully saturated rings. The number of rotatable bonds is 2. The lowest BCUT2D eigenvalue weighted by atomic mass is 10.3. The predicted octanol–water partition coefficient (Wildman–Crippen LogP) is 1.02. The molecule has 3 heterocycles. The van der Waals surface area contributed by atoms with E-state index < -0.39 is 5.91 Å². The zero-order valence-electron chi connectivity index (χ0n) is 11.3. The average molecular weight is 271 g/mol. The molecule has 0 radical (unpaired) electrons. The number of aromatic nitrogens is 6. The maximum atomic E-state index is 12.1. The van der Waals surface area contributed by atoms with E-state index in [4.69, 9.17) is 0 Å². The number of aromatic amines is 1. The first-order valence-electron chi connectivity index (χ1n) is 6.07. The summed E-state index contributed by atoms with van der Waals surface area (Å²) >= 11 is 0. The molecule has 0 aliphatic heterocycles. The molecular formula is C12H13N7O. The maximum absolute atomic E-state index is 12.1. The van der Waals surface area contributed by atoms with E-state index in [1.807, 2.05) is 20.8 Å². The van der Waals surface area contributed by atoms with Gasteiger partial charge < -0.3 is 5.32 Å². The van der Waals surface area contributed by atoms with Crippen molar-refractivity contribution in [1.82, 2.24) is 29.8 Å². The van der Waals surface area contributed by atoms with E-state index in [1.165, 1.54) is 4.52 Å². The summed E-state index contributed by atoms with van der Waals surface area (Å²) < 4.78 is 1.53. The van der Waals surface area contributed by atoms with E-state index in [0.29, 0.717) is 11.6 Å². The zero-order chi connectivity index (χ0) is 14.3. The molecule has 0 aliphatic rings. The number of fused-ring (bicyclic) bond motifs is 1. The fourth-order valence-corrected chi connectivity index (χ4v) is 1.77. The van der Waals surface area contributed by atoms with Gasteiger partial charge in [0.25, 0.3) is 11.7 Å². The Morgan fingerprint density at radius 1 is 1.35 bits per heavy atom. The Morgan fingerprint density at radius 3 is 2.80 bits per heavy atom. The highest BCUT2D eigenvalue weighted by Gasteiger charge is 2.17. The minimum Gasteiger partial charge on any atom is -0.302 e. The highest BCUT2D eigenvalue weighted by Crippen LogP contribution is 2.14. The van der Waals surface area contributed by atoms with Gasteiger partial charge in [-0.3, -0.25) is 9.89 Å². The monoisotopic (exact) mass is 271 g/mol. The third-order valence-electron chi connectivity index (χ3n) is 3.12. The van der Waals surface area contributed by atoms with E-state index in [1.54, 1.807) is 12.3 Å². The van der Waals surface area contributed by atoms with Crippen molar-refractivity contribution in [2.45, 2.75) is 20.8 Å². The molecule has 0 atom stereocenters. The summed E-state index contributed by atoms with van der Waals surface area (Å²) in [5.41, 5.74) is 2.64. The van der Waals surface area contributed by atoms with Gasteiger partial charge in [0.15, 0.2) is 5.82 Å². The third kappa shape index (κ3) is 1.91. The molecule has 1 amide bonds. The number of carbonyl (C=O) groups excluding carboxylic acids is 1. The standard InChI is InChI=1S/C12H13N7O/c1-6-4-5-13-12-15-10(18-19(6)12)11(20)14-9-7(2)8(3)16-17-9/h4-5H,1-3H3,(H2,14,16,17,20). The van der Waals surface area contributed by atoms with E-state index >= 15 is 0 Å². The normalized spacial score (nSPS) is 10.9. The molecule has 20 heavy (non-hydrogen) atoms.